The lowest BCUT2D eigenvalue weighted by Gasteiger charge is -2.59. The van der Waals surface area contributed by atoms with Gasteiger partial charge in [0.25, 0.3) is 0 Å². The van der Waals surface area contributed by atoms with Gasteiger partial charge >= 0.3 is 0 Å². The zero-order valence-corrected chi connectivity index (χ0v) is 14.9. The fraction of sp³-hybridized carbons (Fsp3) is 0.938. The van der Waals surface area contributed by atoms with Gasteiger partial charge in [0.2, 0.25) is 15.9 Å². The number of halogens is 1. The van der Waals surface area contributed by atoms with Gasteiger partial charge in [0.05, 0.1) is 4.75 Å². The molecule has 4 bridgehead atoms. The van der Waals surface area contributed by atoms with E-state index in [-0.39, 0.29) is 10.8 Å². The Balaban J connectivity index is 1.59. The first-order chi connectivity index (χ1) is 10.8. The van der Waals surface area contributed by atoms with Crippen LogP contribution < -0.4 is 10.0 Å². The highest BCUT2D eigenvalue weighted by Crippen LogP contribution is 2.62. The van der Waals surface area contributed by atoms with E-state index >= 15 is 0 Å². The quantitative estimate of drug-likeness (QED) is 0.755. The molecular weight excluding hydrogens is 336 g/mol. The minimum atomic E-state index is -3.56. The molecule has 4 saturated carbocycles. The predicted octanol–water partition coefficient (Wildman–Crippen LogP) is 1.90. The number of nitrogens with one attached hydrogen (secondary N) is 2. The zero-order valence-electron chi connectivity index (χ0n) is 13.3. The minimum Gasteiger partial charge on any atom is -0.355 e. The Morgan fingerprint density at radius 3 is 2.48 bits per heavy atom. The summed E-state index contributed by atoms with van der Waals surface area (Å²) in [4.78, 5) is 11.8. The van der Waals surface area contributed by atoms with E-state index in [0.29, 0.717) is 44.1 Å². The van der Waals surface area contributed by atoms with Crippen molar-refractivity contribution in [2.75, 3.05) is 6.54 Å². The topological polar surface area (TPSA) is 75.3 Å². The van der Waals surface area contributed by atoms with Crippen LogP contribution in [-0.4, -0.2) is 36.5 Å². The molecule has 1 amide bonds. The summed E-state index contributed by atoms with van der Waals surface area (Å²) < 4.78 is 28.4. The molecule has 1 saturated heterocycles. The van der Waals surface area contributed by atoms with Crippen molar-refractivity contribution in [3.8, 4) is 0 Å². The van der Waals surface area contributed by atoms with Crippen molar-refractivity contribution in [2.24, 2.45) is 11.8 Å². The summed E-state index contributed by atoms with van der Waals surface area (Å²) in [5.41, 5.74) is 0. The summed E-state index contributed by atoms with van der Waals surface area (Å²) in [6, 6.07) is -0.623. The Kier molecular flexibility index (Phi) is 3.75. The number of sulfonamides is 1. The van der Waals surface area contributed by atoms with Crippen molar-refractivity contribution >= 4 is 27.5 Å². The minimum absolute atomic E-state index is 0.184. The maximum atomic E-state index is 13.2. The van der Waals surface area contributed by atoms with Crippen molar-refractivity contribution in [3.63, 3.8) is 0 Å². The van der Waals surface area contributed by atoms with Gasteiger partial charge in [-0.25, -0.2) is 13.1 Å². The van der Waals surface area contributed by atoms with Gasteiger partial charge < -0.3 is 5.32 Å². The Labute approximate surface area is 143 Å². The van der Waals surface area contributed by atoms with Gasteiger partial charge in [-0.2, -0.15) is 0 Å². The molecule has 0 aromatic rings. The molecule has 5 aliphatic rings. The number of hydrogen-bond acceptors (Lipinski definition) is 3. The number of rotatable bonds is 3. The molecule has 2 unspecified atom stereocenters. The number of alkyl halides is 1. The molecule has 4 aliphatic carbocycles. The molecule has 7 heteroatoms. The second-order valence-corrected chi connectivity index (χ2v) is 11.2. The first-order valence-electron chi connectivity index (χ1n) is 8.79. The second-order valence-electron chi connectivity index (χ2n) is 8.26. The van der Waals surface area contributed by atoms with Crippen LogP contribution in [0, 0.1) is 11.8 Å². The third-order valence-electron chi connectivity index (χ3n) is 6.34. The Morgan fingerprint density at radius 2 is 1.83 bits per heavy atom. The van der Waals surface area contributed by atoms with Crippen molar-refractivity contribution < 1.29 is 13.2 Å². The smallest absolute Gasteiger partial charge is 0.238 e. The van der Waals surface area contributed by atoms with Crippen LogP contribution in [0.25, 0.3) is 0 Å². The molecule has 0 spiro atoms. The van der Waals surface area contributed by atoms with Crippen molar-refractivity contribution in [3.05, 3.63) is 0 Å². The highest BCUT2D eigenvalue weighted by atomic mass is 35.5. The van der Waals surface area contributed by atoms with E-state index in [1.165, 1.54) is 0 Å². The summed E-state index contributed by atoms with van der Waals surface area (Å²) in [6.07, 6.45) is 7.34. The van der Waals surface area contributed by atoms with Crippen LogP contribution in [-0.2, 0) is 14.8 Å². The van der Waals surface area contributed by atoms with E-state index in [9.17, 15) is 13.2 Å². The number of hydrogen-bond donors (Lipinski definition) is 2. The molecule has 2 N–H and O–H groups in total. The molecule has 23 heavy (non-hydrogen) atoms. The third-order valence-corrected chi connectivity index (χ3v) is 8.99. The van der Waals surface area contributed by atoms with Crippen LogP contribution in [0.5, 0.6) is 0 Å². The van der Waals surface area contributed by atoms with Crippen LogP contribution in [0.15, 0.2) is 0 Å². The van der Waals surface area contributed by atoms with Crippen LogP contribution in [0.3, 0.4) is 0 Å². The van der Waals surface area contributed by atoms with Crippen molar-refractivity contribution in [2.45, 2.75) is 73.5 Å². The van der Waals surface area contributed by atoms with E-state index in [1.807, 2.05) is 0 Å². The first kappa shape index (κ1) is 16.2. The van der Waals surface area contributed by atoms with E-state index in [1.54, 1.807) is 0 Å². The van der Waals surface area contributed by atoms with Gasteiger partial charge in [-0.15, -0.1) is 11.6 Å². The van der Waals surface area contributed by atoms with Crippen LogP contribution in [0.1, 0.15) is 57.8 Å². The van der Waals surface area contributed by atoms with E-state index < -0.39 is 20.8 Å². The lowest BCUT2D eigenvalue weighted by molar-refractivity contribution is -0.122. The fourth-order valence-electron chi connectivity index (χ4n) is 5.75. The highest BCUT2D eigenvalue weighted by Gasteiger charge is 2.62. The molecule has 0 radical (unpaired) electrons. The highest BCUT2D eigenvalue weighted by molar-refractivity contribution is 7.91. The average molecular weight is 361 g/mol. The molecule has 130 valence electrons. The van der Waals surface area contributed by atoms with Gasteiger partial charge in [-0.1, -0.05) is 0 Å². The average Bonchev–Trinajstić information content (AvgIpc) is 2.61. The van der Waals surface area contributed by atoms with Gasteiger partial charge in [-0.3, -0.25) is 4.79 Å². The van der Waals surface area contributed by atoms with Crippen LogP contribution >= 0.6 is 11.6 Å². The summed E-state index contributed by atoms with van der Waals surface area (Å²) >= 11 is 6.75. The monoisotopic (exact) mass is 360 g/mol. The standard InChI is InChI=1S/C16H25ClN2O3S/c17-15-6-11-5-12(7-15)9-16(8-11,10-15)23(21,22)19-13-3-1-2-4-18-14(13)20/h11-13,19H,1-10H2,(H,18,20)/t11?,12?,13-,15?,16?/m0/s1. The molecule has 5 nitrogen and oxygen atoms in total. The molecule has 1 heterocycles. The molecule has 0 aromatic carbocycles. The summed E-state index contributed by atoms with van der Waals surface area (Å²) in [6.45, 7) is 0.636. The molecule has 0 aromatic heterocycles. The van der Waals surface area contributed by atoms with Gasteiger partial charge in [0.1, 0.15) is 6.04 Å². The molecule has 5 rings (SSSR count). The summed E-state index contributed by atoms with van der Waals surface area (Å²) in [5, 5.41) is 2.81. The molecule has 1 aliphatic heterocycles. The van der Waals surface area contributed by atoms with Crippen molar-refractivity contribution in [1.82, 2.24) is 10.0 Å². The first-order valence-corrected chi connectivity index (χ1v) is 10.7. The Morgan fingerprint density at radius 1 is 1.13 bits per heavy atom. The van der Waals surface area contributed by atoms with E-state index in [2.05, 4.69) is 10.0 Å². The van der Waals surface area contributed by atoms with Gasteiger partial charge in [0.15, 0.2) is 0 Å². The van der Waals surface area contributed by atoms with Crippen LogP contribution in [0.4, 0.5) is 0 Å². The number of amides is 1. The lowest BCUT2D eigenvalue weighted by atomic mass is 9.55. The fourth-order valence-corrected chi connectivity index (χ4v) is 8.74. The maximum absolute atomic E-state index is 13.2. The molecule has 5 fully saturated rings. The number of carbonyl (C=O) groups is 1. The zero-order chi connectivity index (χ0) is 16.3. The lowest BCUT2D eigenvalue weighted by Crippen LogP contribution is -2.63. The second kappa shape index (κ2) is 5.33. The normalized spacial score (nSPS) is 46.5. The number of carbonyl (C=O) groups excluding carboxylic acids is 1. The largest absolute Gasteiger partial charge is 0.355 e. The van der Waals surface area contributed by atoms with E-state index in [4.69, 9.17) is 11.6 Å². The van der Waals surface area contributed by atoms with Gasteiger partial charge in [0, 0.05) is 11.4 Å². The third kappa shape index (κ3) is 2.71. The maximum Gasteiger partial charge on any atom is 0.238 e. The summed E-state index contributed by atoms with van der Waals surface area (Å²) in [5.74, 6) is 0.665. The van der Waals surface area contributed by atoms with Gasteiger partial charge in [-0.05, 0) is 69.6 Å². The molecule has 3 atom stereocenters. The molecular formula is C16H25ClN2O3S. The van der Waals surface area contributed by atoms with Crippen LogP contribution in [0.2, 0.25) is 0 Å². The van der Waals surface area contributed by atoms with E-state index in [0.717, 1.165) is 32.1 Å². The predicted molar refractivity (Wildman–Crippen MR) is 88.7 cm³/mol. The van der Waals surface area contributed by atoms with Crippen molar-refractivity contribution in [1.29, 1.82) is 0 Å². The Hall–Kier alpha value is -0.330. The SMILES string of the molecule is O=C1NCCCC[C@@H]1NS(=O)(=O)C12CC3CC(CC(Cl)(C3)C1)C2. The Bertz CT molecular complexity index is 607. The summed E-state index contributed by atoms with van der Waals surface area (Å²) in [7, 11) is -3.56.